The van der Waals surface area contributed by atoms with E-state index < -0.39 is 6.16 Å². The van der Waals surface area contributed by atoms with Crippen molar-refractivity contribution in [2.75, 3.05) is 19.8 Å². The molecule has 150 valence electrons. The molecule has 6 nitrogen and oxygen atoms in total. The van der Waals surface area contributed by atoms with Crippen molar-refractivity contribution in [2.45, 2.75) is 59.4 Å². The third kappa shape index (κ3) is 6.47. The summed E-state index contributed by atoms with van der Waals surface area (Å²) in [6, 6.07) is 5.59. The lowest BCUT2D eigenvalue weighted by molar-refractivity contribution is 0.0953. The lowest BCUT2D eigenvalue weighted by atomic mass is 10.1. The molecule has 0 aliphatic heterocycles. The third-order valence-corrected chi connectivity index (χ3v) is 4.04. The molecule has 0 aliphatic rings. The average Bonchev–Trinajstić information content (AvgIpc) is 2.90. The van der Waals surface area contributed by atoms with Crippen LogP contribution >= 0.6 is 0 Å². The molecule has 6 heteroatoms. The van der Waals surface area contributed by atoms with E-state index in [0.717, 1.165) is 42.5 Å². The van der Waals surface area contributed by atoms with Gasteiger partial charge in [-0.15, -0.1) is 0 Å². The second kappa shape index (κ2) is 9.65. The minimum Gasteiger partial charge on any atom is -0.493 e. The number of aryl methyl sites for hydroxylation is 1. The van der Waals surface area contributed by atoms with E-state index in [4.69, 9.17) is 18.6 Å². The van der Waals surface area contributed by atoms with E-state index in [-0.39, 0.29) is 18.1 Å². The van der Waals surface area contributed by atoms with Crippen molar-refractivity contribution >= 4 is 17.1 Å². The van der Waals surface area contributed by atoms with Crippen molar-refractivity contribution < 1.29 is 23.4 Å². The predicted octanol–water partition coefficient (Wildman–Crippen LogP) is 5.21. The molecule has 1 N–H and O–H groups in total. The van der Waals surface area contributed by atoms with Gasteiger partial charge in [0.1, 0.15) is 11.3 Å². The topological polar surface area (TPSA) is 69.9 Å². The maximum Gasteiger partial charge on any atom is 0.516 e. The van der Waals surface area contributed by atoms with Crippen LogP contribution in [0.4, 0.5) is 4.79 Å². The Balaban J connectivity index is 1.90. The Morgan fingerprint density at radius 1 is 1.19 bits per heavy atom. The van der Waals surface area contributed by atoms with Crippen LogP contribution < -0.4 is 14.8 Å². The Bertz CT molecular complexity index is 745. The number of ether oxygens (including phenoxy) is 3. The van der Waals surface area contributed by atoms with Gasteiger partial charge < -0.3 is 23.9 Å². The Hall–Kier alpha value is -2.21. The predicted molar refractivity (Wildman–Crippen MR) is 106 cm³/mol. The Labute approximate surface area is 161 Å². The molecule has 0 fully saturated rings. The molecule has 0 amide bonds. The van der Waals surface area contributed by atoms with Crippen LogP contribution in [0.25, 0.3) is 11.0 Å². The van der Waals surface area contributed by atoms with Crippen molar-refractivity contribution in [1.82, 2.24) is 5.32 Å². The zero-order valence-corrected chi connectivity index (χ0v) is 17.0. The van der Waals surface area contributed by atoms with E-state index in [1.165, 1.54) is 0 Å². The van der Waals surface area contributed by atoms with Gasteiger partial charge in [0.25, 0.3) is 5.95 Å². The van der Waals surface area contributed by atoms with Crippen LogP contribution in [0.3, 0.4) is 0 Å². The Kier molecular flexibility index (Phi) is 7.54. The number of rotatable bonds is 9. The number of hydrogen-bond acceptors (Lipinski definition) is 6. The van der Waals surface area contributed by atoms with Crippen LogP contribution in [0.15, 0.2) is 22.6 Å². The summed E-state index contributed by atoms with van der Waals surface area (Å²) in [7, 11) is 0. The molecule has 0 radical (unpaired) electrons. The molecule has 0 aliphatic carbocycles. The molecule has 0 bridgehead atoms. The fourth-order valence-electron chi connectivity index (χ4n) is 2.73. The summed E-state index contributed by atoms with van der Waals surface area (Å²) in [6.07, 6.45) is 2.42. The first-order chi connectivity index (χ1) is 12.8. The zero-order valence-electron chi connectivity index (χ0n) is 17.0. The Morgan fingerprint density at radius 3 is 2.67 bits per heavy atom. The van der Waals surface area contributed by atoms with Crippen molar-refractivity contribution in [2.24, 2.45) is 0 Å². The fourth-order valence-corrected chi connectivity index (χ4v) is 2.73. The fraction of sp³-hybridized carbons (Fsp3) is 0.571. The smallest absolute Gasteiger partial charge is 0.493 e. The van der Waals surface area contributed by atoms with E-state index in [2.05, 4.69) is 26.1 Å². The molecule has 2 rings (SSSR count). The molecule has 0 unspecified atom stereocenters. The molecule has 0 saturated carbocycles. The quantitative estimate of drug-likeness (QED) is 0.478. The SMILES string of the molecule is CCOC(=O)Oc1oc2cccc(OCCCCCNC(C)(C)C)c2c1C. The van der Waals surface area contributed by atoms with Crippen LogP contribution in [0.5, 0.6) is 11.7 Å². The maximum absolute atomic E-state index is 11.5. The van der Waals surface area contributed by atoms with Gasteiger partial charge in [0, 0.05) is 11.1 Å². The van der Waals surface area contributed by atoms with E-state index in [1.54, 1.807) is 6.92 Å². The number of hydrogen-bond donors (Lipinski definition) is 1. The van der Waals surface area contributed by atoms with Gasteiger partial charge in [0.05, 0.1) is 18.6 Å². The van der Waals surface area contributed by atoms with Crippen LogP contribution in [0, 0.1) is 6.92 Å². The highest BCUT2D eigenvalue weighted by Crippen LogP contribution is 2.37. The van der Waals surface area contributed by atoms with Gasteiger partial charge in [-0.25, -0.2) is 4.79 Å². The van der Waals surface area contributed by atoms with Gasteiger partial charge in [0.15, 0.2) is 0 Å². The lowest BCUT2D eigenvalue weighted by Crippen LogP contribution is -2.36. The monoisotopic (exact) mass is 377 g/mol. The first kappa shape index (κ1) is 21.1. The molecule has 0 spiro atoms. The lowest BCUT2D eigenvalue weighted by Gasteiger charge is -2.20. The summed E-state index contributed by atoms with van der Waals surface area (Å²) >= 11 is 0. The first-order valence-corrected chi connectivity index (χ1v) is 9.56. The number of benzene rings is 1. The number of furan rings is 1. The van der Waals surface area contributed by atoms with E-state index >= 15 is 0 Å². The number of fused-ring (bicyclic) bond motifs is 1. The van der Waals surface area contributed by atoms with Gasteiger partial charge in [0.2, 0.25) is 0 Å². The summed E-state index contributed by atoms with van der Waals surface area (Å²) in [5.74, 6) is 0.882. The van der Waals surface area contributed by atoms with Crippen LogP contribution in [0.2, 0.25) is 0 Å². The average molecular weight is 377 g/mol. The van der Waals surface area contributed by atoms with Gasteiger partial charge in [-0.05, 0) is 72.6 Å². The van der Waals surface area contributed by atoms with Crippen molar-refractivity contribution in [3.05, 3.63) is 23.8 Å². The van der Waals surface area contributed by atoms with Gasteiger partial charge in [-0.1, -0.05) is 6.07 Å². The van der Waals surface area contributed by atoms with Crippen molar-refractivity contribution in [3.63, 3.8) is 0 Å². The molecule has 0 atom stereocenters. The zero-order chi connectivity index (χ0) is 19.9. The minimum absolute atomic E-state index is 0.146. The molecule has 0 saturated heterocycles. The highest BCUT2D eigenvalue weighted by molar-refractivity contribution is 5.89. The van der Waals surface area contributed by atoms with Gasteiger partial charge in [-0.2, -0.15) is 0 Å². The van der Waals surface area contributed by atoms with Crippen LogP contribution in [-0.4, -0.2) is 31.5 Å². The molecular weight excluding hydrogens is 346 g/mol. The van der Waals surface area contributed by atoms with Gasteiger partial charge in [-0.3, -0.25) is 0 Å². The first-order valence-electron chi connectivity index (χ1n) is 9.56. The highest BCUT2D eigenvalue weighted by Gasteiger charge is 2.19. The normalized spacial score (nSPS) is 11.6. The third-order valence-electron chi connectivity index (χ3n) is 4.04. The second-order valence-electron chi connectivity index (χ2n) is 7.51. The highest BCUT2D eigenvalue weighted by atomic mass is 16.8. The maximum atomic E-state index is 11.5. The van der Waals surface area contributed by atoms with E-state index in [0.29, 0.717) is 12.2 Å². The summed E-state index contributed by atoms with van der Waals surface area (Å²) in [5, 5.41) is 4.31. The standard InChI is InChI=1S/C21H31NO5/c1-6-24-20(23)27-19-15(2)18-16(11-10-12-17(18)26-19)25-14-9-7-8-13-22-21(3,4)5/h10-12,22H,6-9,13-14H2,1-5H3. The number of nitrogens with one attached hydrogen (secondary N) is 1. The molecule has 2 aromatic rings. The van der Waals surface area contributed by atoms with Crippen LogP contribution in [0.1, 0.15) is 52.5 Å². The number of carbonyl (C=O) groups is 1. The summed E-state index contributed by atoms with van der Waals surface area (Å²) < 4.78 is 21.5. The largest absolute Gasteiger partial charge is 0.516 e. The van der Waals surface area contributed by atoms with E-state index in [1.807, 2.05) is 25.1 Å². The summed E-state index contributed by atoms with van der Waals surface area (Å²) in [5.41, 5.74) is 1.51. The number of carbonyl (C=O) groups excluding carboxylic acids is 1. The van der Waals surface area contributed by atoms with Gasteiger partial charge >= 0.3 is 6.16 Å². The molecule has 1 aromatic carbocycles. The number of unbranched alkanes of at least 4 members (excludes halogenated alkanes) is 2. The summed E-state index contributed by atoms with van der Waals surface area (Å²) in [4.78, 5) is 11.5. The molecule has 1 aromatic heterocycles. The second-order valence-corrected chi connectivity index (χ2v) is 7.51. The molecule has 27 heavy (non-hydrogen) atoms. The molecular formula is C21H31NO5. The van der Waals surface area contributed by atoms with Crippen LogP contribution in [-0.2, 0) is 4.74 Å². The van der Waals surface area contributed by atoms with Crippen molar-refractivity contribution in [3.8, 4) is 11.7 Å². The Morgan fingerprint density at radius 2 is 1.96 bits per heavy atom. The molecule has 1 heterocycles. The minimum atomic E-state index is -0.772. The summed E-state index contributed by atoms with van der Waals surface area (Å²) in [6.45, 7) is 12.0. The van der Waals surface area contributed by atoms with Crippen molar-refractivity contribution in [1.29, 1.82) is 0 Å². The van der Waals surface area contributed by atoms with E-state index in [9.17, 15) is 4.79 Å².